The summed E-state index contributed by atoms with van der Waals surface area (Å²) in [5, 5.41) is 6.81. The summed E-state index contributed by atoms with van der Waals surface area (Å²) in [6.07, 6.45) is 1.53. The van der Waals surface area contributed by atoms with Gasteiger partial charge >= 0.3 is 6.09 Å². The second-order valence-electron chi connectivity index (χ2n) is 6.23. The predicted molar refractivity (Wildman–Crippen MR) is 102 cm³/mol. The summed E-state index contributed by atoms with van der Waals surface area (Å²) in [6.45, 7) is 4.91. The molecule has 0 radical (unpaired) electrons. The van der Waals surface area contributed by atoms with Gasteiger partial charge in [0.1, 0.15) is 0 Å². The Balaban J connectivity index is 1.81. The topological polar surface area (TPSA) is 75.2 Å². The van der Waals surface area contributed by atoms with Crippen LogP contribution in [0.2, 0.25) is 0 Å². The first kappa shape index (κ1) is 20.0. The number of ether oxygens (including phenoxy) is 2. The minimum atomic E-state index is -0.219. The number of likely N-dealkylation sites (tertiary alicyclic amines) is 1. The van der Waals surface area contributed by atoms with Gasteiger partial charge in [-0.15, -0.1) is 0 Å². The van der Waals surface area contributed by atoms with E-state index in [1.165, 1.54) is 11.1 Å². The minimum Gasteiger partial charge on any atom is -0.450 e. The highest BCUT2D eigenvalue weighted by Crippen LogP contribution is 2.12. The van der Waals surface area contributed by atoms with Gasteiger partial charge in [-0.3, -0.25) is 4.99 Å². The fourth-order valence-electron chi connectivity index (χ4n) is 3.01. The fraction of sp³-hybridized carbons (Fsp3) is 0.579. The summed E-state index contributed by atoms with van der Waals surface area (Å²) < 4.78 is 10.3. The number of piperidine rings is 1. The van der Waals surface area contributed by atoms with E-state index in [1.807, 2.05) is 19.1 Å². The lowest BCUT2D eigenvalue weighted by Crippen LogP contribution is -2.49. The van der Waals surface area contributed by atoms with Gasteiger partial charge in [-0.1, -0.05) is 24.3 Å². The SMILES string of the molecule is CCOC(=O)N1CCC(NC(=NC)NCc2ccccc2COC)CC1. The van der Waals surface area contributed by atoms with Crippen molar-refractivity contribution in [3.63, 3.8) is 0 Å². The smallest absolute Gasteiger partial charge is 0.409 e. The number of carbonyl (C=O) groups is 1. The van der Waals surface area contributed by atoms with Gasteiger partial charge in [-0.05, 0) is 30.9 Å². The third-order valence-corrected chi connectivity index (χ3v) is 4.45. The molecule has 144 valence electrons. The van der Waals surface area contributed by atoms with Crippen molar-refractivity contribution in [3.8, 4) is 0 Å². The van der Waals surface area contributed by atoms with Crippen LogP contribution in [0.15, 0.2) is 29.3 Å². The molecule has 26 heavy (non-hydrogen) atoms. The van der Waals surface area contributed by atoms with Crippen molar-refractivity contribution >= 4 is 12.1 Å². The molecule has 0 atom stereocenters. The van der Waals surface area contributed by atoms with Crippen molar-refractivity contribution in [2.75, 3.05) is 33.9 Å². The van der Waals surface area contributed by atoms with Crippen LogP contribution in [0.1, 0.15) is 30.9 Å². The van der Waals surface area contributed by atoms with Crippen LogP contribution in [0.25, 0.3) is 0 Å². The summed E-state index contributed by atoms with van der Waals surface area (Å²) in [7, 11) is 3.47. The molecule has 1 saturated heterocycles. The van der Waals surface area contributed by atoms with Gasteiger partial charge in [0.05, 0.1) is 13.2 Å². The van der Waals surface area contributed by atoms with Crippen LogP contribution in [0.3, 0.4) is 0 Å². The van der Waals surface area contributed by atoms with Gasteiger partial charge in [-0.2, -0.15) is 0 Å². The summed E-state index contributed by atoms with van der Waals surface area (Å²) in [6, 6.07) is 8.50. The standard InChI is InChI=1S/C19H30N4O3/c1-4-26-19(24)23-11-9-17(10-12-23)22-18(20-2)21-13-15-7-5-6-8-16(15)14-25-3/h5-8,17H,4,9-14H2,1-3H3,(H2,20,21,22). The van der Waals surface area contributed by atoms with E-state index >= 15 is 0 Å². The average Bonchev–Trinajstić information content (AvgIpc) is 2.67. The average molecular weight is 362 g/mol. The molecule has 7 heteroatoms. The molecule has 1 heterocycles. The number of rotatable bonds is 6. The van der Waals surface area contributed by atoms with Crippen LogP contribution < -0.4 is 10.6 Å². The Morgan fingerprint density at radius 1 is 1.27 bits per heavy atom. The molecule has 0 bridgehead atoms. The number of hydrogen-bond acceptors (Lipinski definition) is 4. The third kappa shape index (κ3) is 5.91. The monoisotopic (exact) mass is 362 g/mol. The largest absolute Gasteiger partial charge is 0.450 e. The molecular weight excluding hydrogens is 332 g/mol. The molecule has 0 spiro atoms. The molecule has 0 saturated carbocycles. The zero-order chi connectivity index (χ0) is 18.8. The molecule has 1 aromatic rings. The lowest BCUT2D eigenvalue weighted by atomic mass is 10.1. The molecule has 2 rings (SSSR count). The number of guanidine groups is 1. The summed E-state index contributed by atoms with van der Waals surface area (Å²) in [5.74, 6) is 0.770. The Morgan fingerprint density at radius 2 is 1.96 bits per heavy atom. The highest BCUT2D eigenvalue weighted by atomic mass is 16.6. The molecular formula is C19H30N4O3. The number of methoxy groups -OCH3 is 1. The van der Waals surface area contributed by atoms with Crippen LogP contribution in [-0.2, 0) is 22.6 Å². The molecule has 0 aromatic heterocycles. The molecule has 2 N–H and O–H groups in total. The van der Waals surface area contributed by atoms with Crippen LogP contribution in [0.4, 0.5) is 4.79 Å². The van der Waals surface area contributed by atoms with Crippen molar-refractivity contribution in [3.05, 3.63) is 35.4 Å². The van der Waals surface area contributed by atoms with Crippen LogP contribution in [0, 0.1) is 0 Å². The number of amides is 1. The van der Waals surface area contributed by atoms with E-state index in [0.29, 0.717) is 38.9 Å². The molecule has 1 amide bonds. The van der Waals surface area contributed by atoms with E-state index in [-0.39, 0.29) is 6.09 Å². The number of nitrogens with one attached hydrogen (secondary N) is 2. The minimum absolute atomic E-state index is 0.219. The normalized spacial score (nSPS) is 15.7. The fourth-order valence-corrected chi connectivity index (χ4v) is 3.01. The van der Waals surface area contributed by atoms with Crippen molar-refractivity contribution in [2.24, 2.45) is 4.99 Å². The van der Waals surface area contributed by atoms with E-state index in [4.69, 9.17) is 9.47 Å². The van der Waals surface area contributed by atoms with E-state index in [2.05, 4.69) is 27.8 Å². The zero-order valence-electron chi connectivity index (χ0n) is 16.0. The zero-order valence-corrected chi connectivity index (χ0v) is 16.0. The highest BCUT2D eigenvalue weighted by Gasteiger charge is 2.24. The first-order valence-corrected chi connectivity index (χ1v) is 9.12. The lowest BCUT2D eigenvalue weighted by Gasteiger charge is -2.32. The second-order valence-corrected chi connectivity index (χ2v) is 6.23. The number of nitrogens with zero attached hydrogens (tertiary/aromatic N) is 2. The Bertz CT molecular complexity index is 598. The summed E-state index contributed by atoms with van der Waals surface area (Å²) in [5.41, 5.74) is 2.36. The van der Waals surface area contributed by atoms with Gasteiger partial charge in [0.25, 0.3) is 0 Å². The molecule has 1 aliphatic rings. The Kier molecular flexibility index (Phi) is 8.21. The summed E-state index contributed by atoms with van der Waals surface area (Å²) >= 11 is 0. The van der Waals surface area contributed by atoms with Gasteiger partial charge in [-0.25, -0.2) is 4.79 Å². The highest BCUT2D eigenvalue weighted by molar-refractivity contribution is 5.80. The predicted octanol–water partition coefficient (Wildman–Crippen LogP) is 2.12. The van der Waals surface area contributed by atoms with Crippen LogP contribution in [0.5, 0.6) is 0 Å². The number of aliphatic imine (C=N–C) groups is 1. The maximum absolute atomic E-state index is 11.8. The van der Waals surface area contributed by atoms with Gasteiger partial charge in [0.2, 0.25) is 0 Å². The Morgan fingerprint density at radius 3 is 2.58 bits per heavy atom. The third-order valence-electron chi connectivity index (χ3n) is 4.45. The van der Waals surface area contributed by atoms with Crippen molar-refractivity contribution in [1.29, 1.82) is 0 Å². The number of hydrogen-bond donors (Lipinski definition) is 2. The van der Waals surface area contributed by atoms with E-state index in [9.17, 15) is 4.79 Å². The maximum atomic E-state index is 11.8. The quantitative estimate of drug-likeness (QED) is 0.599. The molecule has 7 nitrogen and oxygen atoms in total. The van der Waals surface area contributed by atoms with E-state index in [0.717, 1.165) is 18.8 Å². The maximum Gasteiger partial charge on any atom is 0.409 e. The lowest BCUT2D eigenvalue weighted by molar-refractivity contribution is 0.0963. The van der Waals surface area contributed by atoms with Gasteiger partial charge < -0.3 is 25.0 Å². The molecule has 1 fully saturated rings. The van der Waals surface area contributed by atoms with Crippen molar-refractivity contribution in [2.45, 2.75) is 39.0 Å². The first-order chi connectivity index (χ1) is 12.7. The van der Waals surface area contributed by atoms with Crippen LogP contribution in [-0.4, -0.2) is 56.8 Å². The van der Waals surface area contributed by atoms with Gasteiger partial charge in [0.15, 0.2) is 5.96 Å². The first-order valence-electron chi connectivity index (χ1n) is 9.12. The Hall–Kier alpha value is -2.28. The molecule has 0 aliphatic carbocycles. The van der Waals surface area contributed by atoms with Crippen molar-refractivity contribution < 1.29 is 14.3 Å². The van der Waals surface area contributed by atoms with Gasteiger partial charge in [0, 0.05) is 39.8 Å². The van der Waals surface area contributed by atoms with E-state index < -0.39 is 0 Å². The molecule has 0 unspecified atom stereocenters. The molecule has 1 aromatic carbocycles. The Labute approximate surface area is 155 Å². The number of carbonyl (C=O) groups excluding carboxylic acids is 1. The van der Waals surface area contributed by atoms with Crippen molar-refractivity contribution in [1.82, 2.24) is 15.5 Å². The van der Waals surface area contributed by atoms with Crippen LogP contribution >= 0.6 is 0 Å². The van der Waals surface area contributed by atoms with E-state index in [1.54, 1.807) is 19.1 Å². The summed E-state index contributed by atoms with van der Waals surface area (Å²) in [4.78, 5) is 17.8. The second kappa shape index (κ2) is 10.7. The number of benzene rings is 1. The molecule has 1 aliphatic heterocycles.